The van der Waals surface area contributed by atoms with Crippen molar-refractivity contribution in [1.82, 2.24) is 25.1 Å². The lowest BCUT2D eigenvalue weighted by atomic mass is 10.0. The number of likely N-dealkylation sites (N-methyl/N-ethyl adjacent to an activating group) is 1. The van der Waals surface area contributed by atoms with Crippen molar-refractivity contribution in [3.05, 3.63) is 89.6 Å². The van der Waals surface area contributed by atoms with E-state index in [1.165, 1.54) is 18.1 Å². The van der Waals surface area contributed by atoms with Crippen LogP contribution in [0.5, 0.6) is 0 Å². The van der Waals surface area contributed by atoms with Crippen LogP contribution in [-0.4, -0.2) is 97.2 Å². The Labute approximate surface area is 293 Å². The molecule has 2 aliphatic rings. The fraction of sp³-hybridized carbons (Fsp3) is 0.378. The van der Waals surface area contributed by atoms with Crippen LogP contribution in [0.15, 0.2) is 73.1 Å². The summed E-state index contributed by atoms with van der Waals surface area (Å²) in [6.07, 6.45) is 2.36. The Morgan fingerprint density at radius 2 is 1.76 bits per heavy atom. The van der Waals surface area contributed by atoms with Gasteiger partial charge in [-0.1, -0.05) is 41.9 Å². The summed E-state index contributed by atoms with van der Waals surface area (Å²) < 4.78 is 15.7. The molecule has 0 spiro atoms. The molecule has 0 radical (unpaired) electrons. The number of amides is 1. The lowest BCUT2D eigenvalue weighted by molar-refractivity contribution is 0.0945. The van der Waals surface area contributed by atoms with Crippen molar-refractivity contribution in [2.24, 2.45) is 0 Å². The normalized spacial score (nSPS) is 19.0. The number of para-hydroxylation sites is 1. The van der Waals surface area contributed by atoms with Crippen LogP contribution in [0.3, 0.4) is 0 Å². The molecule has 2 fully saturated rings. The van der Waals surface area contributed by atoms with Gasteiger partial charge in [-0.25, -0.2) is 14.4 Å². The number of anilines is 5. The van der Waals surface area contributed by atoms with Gasteiger partial charge in [-0.15, -0.1) is 0 Å². The first kappa shape index (κ1) is 34.4. The topological polar surface area (TPSA) is 106 Å². The first-order chi connectivity index (χ1) is 23.7. The van der Waals surface area contributed by atoms with Crippen LogP contribution in [0, 0.1) is 5.82 Å². The van der Waals surface area contributed by atoms with Crippen molar-refractivity contribution < 1.29 is 9.18 Å². The molecule has 1 amide bonds. The van der Waals surface area contributed by atoms with Gasteiger partial charge in [-0.3, -0.25) is 9.69 Å². The largest absolute Gasteiger partial charge is 0.393 e. The predicted octanol–water partition coefficient (Wildman–Crippen LogP) is 5.73. The van der Waals surface area contributed by atoms with Crippen LogP contribution < -0.4 is 26.2 Å². The number of benzene rings is 3. The first-order valence-corrected chi connectivity index (χ1v) is 17.3. The van der Waals surface area contributed by atoms with E-state index < -0.39 is 5.82 Å². The average Bonchev–Trinajstić information content (AvgIpc) is 3.31. The number of halogens is 2. The first-order valence-electron chi connectivity index (χ1n) is 16.9. The van der Waals surface area contributed by atoms with Crippen molar-refractivity contribution >= 4 is 46.1 Å². The minimum absolute atomic E-state index is 0.154. The molecule has 258 valence electrons. The van der Waals surface area contributed by atoms with Crippen LogP contribution >= 0.6 is 11.6 Å². The van der Waals surface area contributed by atoms with Gasteiger partial charge in [0.25, 0.3) is 5.91 Å². The Bertz CT molecular complexity index is 1750. The molecule has 2 atom stereocenters. The highest BCUT2D eigenvalue weighted by Crippen LogP contribution is 2.36. The number of carbonyl (C=O) groups is 1. The molecule has 4 N–H and O–H groups in total. The van der Waals surface area contributed by atoms with Gasteiger partial charge in [0.2, 0.25) is 0 Å². The third-order valence-electron chi connectivity index (χ3n) is 9.45. The number of nitrogens with zero attached hydrogens (tertiary/aromatic N) is 6. The smallest absolute Gasteiger partial charge is 0.251 e. The summed E-state index contributed by atoms with van der Waals surface area (Å²) in [7, 11) is 2.12. The third-order valence-corrected chi connectivity index (χ3v) is 9.75. The fourth-order valence-electron chi connectivity index (χ4n) is 7.01. The molecule has 1 aromatic heterocycles. The predicted molar refractivity (Wildman–Crippen MR) is 198 cm³/mol. The van der Waals surface area contributed by atoms with E-state index >= 15 is 4.39 Å². The summed E-state index contributed by atoms with van der Waals surface area (Å²) in [5, 5.41) is 6.47. The number of nitrogens with two attached hydrogens (primary N) is 1. The van der Waals surface area contributed by atoms with Crippen molar-refractivity contribution in [2.75, 3.05) is 80.3 Å². The number of hydrogen-bond acceptors (Lipinski definition) is 9. The van der Waals surface area contributed by atoms with E-state index in [9.17, 15) is 4.79 Å². The van der Waals surface area contributed by atoms with Crippen molar-refractivity contribution in [2.45, 2.75) is 32.4 Å². The zero-order valence-corrected chi connectivity index (χ0v) is 29.1. The molecule has 0 unspecified atom stereocenters. The number of nitrogen functional groups attached to an aromatic ring is 1. The maximum Gasteiger partial charge on any atom is 0.251 e. The Morgan fingerprint density at radius 3 is 2.51 bits per heavy atom. The number of piperazine rings is 1. The maximum absolute atomic E-state index is 15.7. The molecule has 2 aliphatic heterocycles. The summed E-state index contributed by atoms with van der Waals surface area (Å²) in [6.45, 7) is 11.1. The summed E-state index contributed by atoms with van der Waals surface area (Å²) in [5.41, 5.74) is 10.7. The SMILES string of the molecule is C[C@@H]1CN(CCNC(=O)c2ccc(-c3ccc(N4CCCN(C)CC4)c(Nc4ncnc(Cl)c4N)c3)c(F)c2)C[C@H](C)N1c1ccccc1. The van der Waals surface area contributed by atoms with Crippen LogP contribution in [0.25, 0.3) is 11.1 Å². The van der Waals surface area contributed by atoms with E-state index in [-0.39, 0.29) is 22.3 Å². The maximum atomic E-state index is 15.7. The molecule has 12 heteroatoms. The van der Waals surface area contributed by atoms with Gasteiger partial charge in [0.1, 0.15) is 17.8 Å². The van der Waals surface area contributed by atoms with Crippen molar-refractivity contribution in [1.29, 1.82) is 0 Å². The molecular weight excluding hydrogens is 641 g/mol. The Kier molecular flexibility index (Phi) is 10.8. The van der Waals surface area contributed by atoms with Gasteiger partial charge in [0.15, 0.2) is 11.0 Å². The van der Waals surface area contributed by atoms with Gasteiger partial charge in [-0.2, -0.15) is 0 Å². The van der Waals surface area contributed by atoms with Crippen molar-refractivity contribution in [3.63, 3.8) is 0 Å². The quantitative estimate of drug-likeness (QED) is 0.191. The minimum Gasteiger partial charge on any atom is -0.393 e. The van der Waals surface area contributed by atoms with E-state index in [1.807, 2.05) is 24.3 Å². The highest BCUT2D eigenvalue weighted by Gasteiger charge is 2.29. The Morgan fingerprint density at radius 1 is 0.980 bits per heavy atom. The summed E-state index contributed by atoms with van der Waals surface area (Å²) in [6, 6.07) is 21.6. The Hall–Kier alpha value is -4.45. The third kappa shape index (κ3) is 8.07. The number of carbonyl (C=O) groups excluding carboxylic acids is 1. The standard InChI is InChI=1S/C37H45ClFN9O/c1-25-22-46(23-26(2)48(25)29-8-5-4-6-9-29)17-14-41-37(49)28-10-12-30(31(39)20-28)27-11-13-33(47-16-7-15-45(3)18-19-47)32(21-27)44-36-34(40)35(38)42-24-43-36/h4-6,8-13,20-21,24-26H,7,14-19,22-23,40H2,1-3H3,(H,41,49)(H,42,43,44)/t25-,26+. The molecule has 6 rings (SSSR count). The monoisotopic (exact) mass is 685 g/mol. The lowest BCUT2D eigenvalue weighted by Crippen LogP contribution is -2.57. The second-order valence-electron chi connectivity index (χ2n) is 13.1. The van der Waals surface area contributed by atoms with Crippen LogP contribution in [0.2, 0.25) is 5.15 Å². The molecule has 3 aromatic carbocycles. The zero-order chi connectivity index (χ0) is 34.5. The van der Waals surface area contributed by atoms with E-state index in [2.05, 4.69) is 85.4 Å². The van der Waals surface area contributed by atoms with Gasteiger partial charge >= 0.3 is 0 Å². The van der Waals surface area contributed by atoms with E-state index in [1.54, 1.807) is 12.1 Å². The van der Waals surface area contributed by atoms with Gasteiger partial charge in [0.05, 0.1) is 11.4 Å². The Balaban J connectivity index is 1.13. The summed E-state index contributed by atoms with van der Waals surface area (Å²) in [4.78, 5) is 30.8. The van der Waals surface area contributed by atoms with Crippen molar-refractivity contribution in [3.8, 4) is 11.1 Å². The van der Waals surface area contributed by atoms with E-state index in [0.29, 0.717) is 35.6 Å². The fourth-order valence-corrected chi connectivity index (χ4v) is 7.15. The molecule has 4 aromatic rings. The van der Waals surface area contributed by atoms with E-state index in [4.69, 9.17) is 17.3 Å². The van der Waals surface area contributed by atoms with Gasteiger partial charge in [-0.05, 0) is 75.8 Å². The molecule has 0 bridgehead atoms. The van der Waals surface area contributed by atoms with Crippen LogP contribution in [0.1, 0.15) is 30.6 Å². The number of aromatic nitrogens is 2. The minimum atomic E-state index is -0.480. The van der Waals surface area contributed by atoms with Crippen LogP contribution in [0.4, 0.5) is 33.0 Å². The number of rotatable bonds is 9. The molecule has 10 nitrogen and oxygen atoms in total. The highest BCUT2D eigenvalue weighted by atomic mass is 35.5. The van der Waals surface area contributed by atoms with Gasteiger partial charge < -0.3 is 31.1 Å². The highest BCUT2D eigenvalue weighted by molar-refractivity contribution is 6.32. The number of nitrogens with one attached hydrogen (secondary N) is 2. The number of hydrogen-bond donors (Lipinski definition) is 3. The van der Waals surface area contributed by atoms with E-state index in [0.717, 1.165) is 63.6 Å². The average molecular weight is 686 g/mol. The summed E-state index contributed by atoms with van der Waals surface area (Å²) >= 11 is 6.19. The molecular formula is C37H45ClFN9O. The van der Waals surface area contributed by atoms with Crippen LogP contribution in [-0.2, 0) is 0 Å². The second-order valence-corrected chi connectivity index (χ2v) is 13.4. The molecule has 0 aliphatic carbocycles. The molecule has 0 saturated carbocycles. The molecule has 2 saturated heterocycles. The molecule has 49 heavy (non-hydrogen) atoms. The second kappa shape index (κ2) is 15.4. The summed E-state index contributed by atoms with van der Waals surface area (Å²) in [5.74, 6) is -0.402. The lowest BCUT2D eigenvalue weighted by Gasteiger charge is -2.46. The zero-order valence-electron chi connectivity index (χ0n) is 28.4. The van der Waals surface area contributed by atoms with Gasteiger partial charge in [0, 0.05) is 74.7 Å². The molecule has 3 heterocycles.